The molecule has 2 N–H and O–H groups in total. The fourth-order valence-electron chi connectivity index (χ4n) is 2.61. The van der Waals surface area contributed by atoms with Crippen molar-refractivity contribution in [2.24, 2.45) is 0 Å². The second-order valence-electron chi connectivity index (χ2n) is 5.16. The summed E-state index contributed by atoms with van der Waals surface area (Å²) in [6.07, 6.45) is 2.44. The molecule has 0 aliphatic carbocycles. The van der Waals surface area contributed by atoms with Crippen molar-refractivity contribution in [3.8, 4) is 0 Å². The van der Waals surface area contributed by atoms with E-state index in [1.165, 1.54) is 0 Å². The van der Waals surface area contributed by atoms with Crippen LogP contribution in [-0.4, -0.2) is 27.0 Å². The van der Waals surface area contributed by atoms with E-state index in [0.717, 1.165) is 29.4 Å². The van der Waals surface area contributed by atoms with E-state index >= 15 is 0 Å². The third kappa shape index (κ3) is 2.53. The van der Waals surface area contributed by atoms with Crippen LogP contribution >= 0.6 is 0 Å². The molecule has 0 spiro atoms. The quantitative estimate of drug-likeness (QED) is 0.761. The van der Waals surface area contributed by atoms with Crippen LogP contribution in [0.2, 0.25) is 0 Å². The van der Waals surface area contributed by atoms with Crippen LogP contribution in [0, 0.1) is 0 Å². The summed E-state index contributed by atoms with van der Waals surface area (Å²) in [5, 5.41) is 3.86. The highest BCUT2D eigenvalue weighted by Gasteiger charge is 2.21. The molecule has 114 valence electrons. The van der Waals surface area contributed by atoms with Crippen molar-refractivity contribution in [1.82, 2.24) is 10.3 Å². The SMILES string of the molecule is CNCCc1cccc2c(S(=O)(=O)c3ccccc3)c[nH]c12. The van der Waals surface area contributed by atoms with Gasteiger partial charge in [0.2, 0.25) is 9.84 Å². The molecular weight excluding hydrogens is 296 g/mol. The Bertz CT molecular complexity index is 883. The zero-order chi connectivity index (χ0) is 15.6. The predicted octanol–water partition coefficient (Wildman–Crippen LogP) is 2.76. The van der Waals surface area contributed by atoms with Gasteiger partial charge in [-0.1, -0.05) is 36.4 Å². The molecule has 0 atom stereocenters. The third-order valence-corrected chi connectivity index (χ3v) is 5.56. The Morgan fingerprint density at radius 1 is 1.05 bits per heavy atom. The number of aromatic amines is 1. The van der Waals surface area contributed by atoms with Crippen molar-refractivity contribution < 1.29 is 8.42 Å². The highest BCUT2D eigenvalue weighted by molar-refractivity contribution is 7.91. The van der Waals surface area contributed by atoms with E-state index in [2.05, 4.69) is 10.3 Å². The van der Waals surface area contributed by atoms with Crippen LogP contribution in [-0.2, 0) is 16.3 Å². The molecule has 0 unspecified atom stereocenters. The number of sulfone groups is 1. The molecule has 0 aliphatic rings. The first-order valence-electron chi connectivity index (χ1n) is 7.18. The summed E-state index contributed by atoms with van der Waals surface area (Å²) in [5.74, 6) is 0. The van der Waals surface area contributed by atoms with E-state index in [4.69, 9.17) is 0 Å². The highest BCUT2D eigenvalue weighted by atomic mass is 32.2. The number of nitrogens with one attached hydrogen (secondary N) is 2. The lowest BCUT2D eigenvalue weighted by atomic mass is 10.1. The van der Waals surface area contributed by atoms with Crippen LogP contribution in [0.25, 0.3) is 10.9 Å². The first-order chi connectivity index (χ1) is 10.6. The second-order valence-corrected chi connectivity index (χ2v) is 7.08. The maximum absolute atomic E-state index is 12.8. The lowest BCUT2D eigenvalue weighted by Crippen LogP contribution is -2.10. The van der Waals surface area contributed by atoms with Gasteiger partial charge in [0.25, 0.3) is 0 Å². The molecule has 1 heterocycles. The summed E-state index contributed by atoms with van der Waals surface area (Å²) < 4.78 is 25.6. The van der Waals surface area contributed by atoms with Gasteiger partial charge in [0.1, 0.15) is 0 Å². The van der Waals surface area contributed by atoms with Gasteiger partial charge in [0, 0.05) is 11.6 Å². The van der Waals surface area contributed by atoms with Gasteiger partial charge in [-0.3, -0.25) is 0 Å². The number of fused-ring (bicyclic) bond motifs is 1. The standard InChI is InChI=1S/C17H18N2O2S/c1-18-11-10-13-6-5-9-15-16(12-19-17(13)15)22(20,21)14-7-3-2-4-8-14/h2-9,12,18-19H,10-11H2,1H3. The van der Waals surface area contributed by atoms with Gasteiger partial charge >= 0.3 is 0 Å². The van der Waals surface area contributed by atoms with Gasteiger partial charge in [0.05, 0.1) is 15.3 Å². The van der Waals surface area contributed by atoms with Crippen molar-refractivity contribution in [1.29, 1.82) is 0 Å². The van der Waals surface area contributed by atoms with Gasteiger partial charge in [-0.05, 0) is 37.7 Å². The van der Waals surface area contributed by atoms with E-state index in [-0.39, 0.29) is 0 Å². The van der Waals surface area contributed by atoms with Crippen molar-refractivity contribution in [3.05, 3.63) is 60.3 Å². The number of hydrogen-bond donors (Lipinski definition) is 2. The van der Waals surface area contributed by atoms with Gasteiger partial charge in [0.15, 0.2) is 0 Å². The minimum Gasteiger partial charge on any atom is -0.360 e. The van der Waals surface area contributed by atoms with Crippen LogP contribution in [0.3, 0.4) is 0 Å². The molecule has 1 aromatic heterocycles. The second kappa shape index (κ2) is 5.94. The number of para-hydroxylation sites is 1. The Balaban J connectivity index is 2.13. The van der Waals surface area contributed by atoms with Gasteiger partial charge in [-0.15, -0.1) is 0 Å². The minimum absolute atomic E-state index is 0.316. The van der Waals surface area contributed by atoms with Crippen LogP contribution in [0.1, 0.15) is 5.56 Å². The number of likely N-dealkylation sites (N-methyl/N-ethyl adjacent to an activating group) is 1. The normalized spacial score (nSPS) is 11.9. The fourth-order valence-corrected chi connectivity index (χ4v) is 4.05. The smallest absolute Gasteiger partial charge is 0.208 e. The highest BCUT2D eigenvalue weighted by Crippen LogP contribution is 2.29. The Morgan fingerprint density at radius 3 is 2.55 bits per heavy atom. The summed E-state index contributed by atoms with van der Waals surface area (Å²) in [6, 6.07) is 14.3. The van der Waals surface area contributed by atoms with Gasteiger partial charge in [-0.2, -0.15) is 0 Å². The van der Waals surface area contributed by atoms with E-state index in [1.807, 2.05) is 31.3 Å². The fraction of sp³-hybridized carbons (Fsp3) is 0.176. The summed E-state index contributed by atoms with van der Waals surface area (Å²) in [7, 11) is -1.60. The molecule has 3 rings (SSSR count). The minimum atomic E-state index is -3.51. The lowest BCUT2D eigenvalue weighted by Gasteiger charge is -2.05. The Hall–Kier alpha value is -2.11. The molecule has 0 radical (unpaired) electrons. The molecule has 2 aromatic carbocycles. The predicted molar refractivity (Wildman–Crippen MR) is 87.8 cm³/mol. The Morgan fingerprint density at radius 2 is 1.82 bits per heavy atom. The maximum Gasteiger partial charge on any atom is 0.208 e. The van der Waals surface area contributed by atoms with Crippen LogP contribution < -0.4 is 5.32 Å². The van der Waals surface area contributed by atoms with Crippen LogP contribution in [0.15, 0.2) is 64.5 Å². The zero-order valence-electron chi connectivity index (χ0n) is 12.3. The van der Waals surface area contributed by atoms with Crippen LogP contribution in [0.5, 0.6) is 0 Å². The van der Waals surface area contributed by atoms with Gasteiger partial charge < -0.3 is 10.3 Å². The number of aromatic nitrogens is 1. The van der Waals surface area contributed by atoms with Gasteiger partial charge in [-0.25, -0.2) is 8.42 Å². The molecule has 0 amide bonds. The number of benzene rings is 2. The van der Waals surface area contributed by atoms with Crippen molar-refractivity contribution in [2.75, 3.05) is 13.6 Å². The van der Waals surface area contributed by atoms with E-state index in [1.54, 1.807) is 30.5 Å². The molecule has 0 aliphatic heterocycles. The number of rotatable bonds is 5. The lowest BCUT2D eigenvalue weighted by molar-refractivity contribution is 0.597. The van der Waals surface area contributed by atoms with Crippen molar-refractivity contribution >= 4 is 20.7 Å². The first-order valence-corrected chi connectivity index (χ1v) is 8.66. The van der Waals surface area contributed by atoms with Crippen molar-refractivity contribution in [3.63, 3.8) is 0 Å². The molecule has 22 heavy (non-hydrogen) atoms. The largest absolute Gasteiger partial charge is 0.360 e. The molecular formula is C17H18N2O2S. The Kier molecular flexibility index (Phi) is 4.00. The Labute approximate surface area is 130 Å². The molecule has 0 bridgehead atoms. The number of H-pyrrole nitrogens is 1. The molecule has 0 fully saturated rings. The van der Waals surface area contributed by atoms with E-state index < -0.39 is 9.84 Å². The summed E-state index contributed by atoms with van der Waals surface area (Å²) in [6.45, 7) is 0.846. The van der Waals surface area contributed by atoms with E-state index in [0.29, 0.717) is 9.79 Å². The summed E-state index contributed by atoms with van der Waals surface area (Å²) >= 11 is 0. The third-order valence-electron chi connectivity index (χ3n) is 3.75. The van der Waals surface area contributed by atoms with Crippen LogP contribution in [0.4, 0.5) is 0 Å². The molecule has 4 nitrogen and oxygen atoms in total. The average molecular weight is 314 g/mol. The monoisotopic (exact) mass is 314 g/mol. The molecule has 3 aromatic rings. The van der Waals surface area contributed by atoms with E-state index in [9.17, 15) is 8.42 Å². The molecule has 0 saturated heterocycles. The summed E-state index contributed by atoms with van der Waals surface area (Å²) in [4.78, 5) is 3.78. The first kappa shape index (κ1) is 14.8. The maximum atomic E-state index is 12.8. The summed E-state index contributed by atoms with van der Waals surface area (Å²) in [5.41, 5.74) is 2.01. The number of hydrogen-bond acceptors (Lipinski definition) is 3. The average Bonchev–Trinajstić information content (AvgIpc) is 2.99. The van der Waals surface area contributed by atoms with Crippen molar-refractivity contribution in [2.45, 2.75) is 16.2 Å². The zero-order valence-corrected chi connectivity index (χ0v) is 13.2. The topological polar surface area (TPSA) is 62.0 Å². The molecule has 5 heteroatoms. The molecule has 0 saturated carbocycles.